The van der Waals surface area contributed by atoms with Crippen molar-refractivity contribution in [3.8, 4) is 0 Å². The molecule has 0 aromatic heterocycles. The minimum atomic E-state index is -0.986. The smallest absolute Gasteiger partial charge is 0.320 e. The Kier molecular flexibility index (Phi) is 5.80. The number of benzene rings is 2. The normalized spacial score (nSPS) is 13.3. The maximum atomic E-state index is 11.4. The monoisotopic (exact) mass is 298 g/mol. The summed E-state index contributed by atoms with van der Waals surface area (Å²) in [5.74, 6) is -0.986. The van der Waals surface area contributed by atoms with Crippen molar-refractivity contribution in [2.45, 2.75) is 25.0 Å². The van der Waals surface area contributed by atoms with Crippen molar-refractivity contribution in [2.24, 2.45) is 5.18 Å². The molecular weight excluding hydrogens is 280 g/mol. The lowest BCUT2D eigenvalue weighted by molar-refractivity contribution is -0.139. The summed E-state index contributed by atoms with van der Waals surface area (Å²) in [5, 5.41) is 15.4. The average Bonchev–Trinajstić information content (AvgIpc) is 2.56. The second-order valence-electron chi connectivity index (χ2n) is 5.02. The van der Waals surface area contributed by atoms with E-state index >= 15 is 0 Å². The maximum absolute atomic E-state index is 11.4. The summed E-state index contributed by atoms with van der Waals surface area (Å²) >= 11 is 0. The van der Waals surface area contributed by atoms with Crippen LogP contribution >= 0.6 is 0 Å². The Labute approximate surface area is 129 Å². The van der Waals surface area contributed by atoms with Gasteiger partial charge in [0, 0.05) is 13.0 Å². The van der Waals surface area contributed by atoms with Crippen LogP contribution in [0.1, 0.15) is 23.6 Å². The first-order valence-electron chi connectivity index (χ1n) is 7.08. The van der Waals surface area contributed by atoms with E-state index in [1.54, 1.807) is 24.3 Å². The fourth-order valence-electron chi connectivity index (χ4n) is 2.25. The van der Waals surface area contributed by atoms with Crippen molar-refractivity contribution in [1.82, 2.24) is 5.32 Å². The predicted molar refractivity (Wildman–Crippen MR) is 84.3 cm³/mol. The zero-order valence-electron chi connectivity index (χ0n) is 12.1. The number of nitroso groups, excluding NO2 is 1. The Bertz CT molecular complexity index is 602. The Morgan fingerprint density at radius 3 is 2.18 bits per heavy atom. The molecule has 2 N–H and O–H groups in total. The summed E-state index contributed by atoms with van der Waals surface area (Å²) in [6, 6.07) is 17.0. The number of carboxylic acids is 1. The summed E-state index contributed by atoms with van der Waals surface area (Å²) in [4.78, 5) is 22.5. The molecular formula is C17H18N2O3. The van der Waals surface area contributed by atoms with Crippen molar-refractivity contribution in [3.05, 3.63) is 76.7 Å². The molecule has 2 aromatic rings. The molecule has 0 spiro atoms. The SMILES string of the molecule is O=NC(CC(NCc1ccccc1)C(=O)O)c1ccccc1. The van der Waals surface area contributed by atoms with Crippen LogP contribution in [0.15, 0.2) is 65.8 Å². The number of hydrogen-bond acceptors (Lipinski definition) is 4. The van der Waals surface area contributed by atoms with E-state index in [-0.39, 0.29) is 6.42 Å². The van der Waals surface area contributed by atoms with Gasteiger partial charge < -0.3 is 10.4 Å². The number of carboxylic acid groups (broad SMARTS) is 1. The number of aliphatic carboxylic acids is 1. The van der Waals surface area contributed by atoms with E-state index < -0.39 is 18.1 Å². The van der Waals surface area contributed by atoms with Gasteiger partial charge in [-0.15, -0.1) is 0 Å². The molecule has 0 aliphatic heterocycles. The minimum absolute atomic E-state index is 0.121. The number of carbonyl (C=O) groups is 1. The van der Waals surface area contributed by atoms with Gasteiger partial charge in [0.05, 0.1) is 0 Å². The van der Waals surface area contributed by atoms with Gasteiger partial charge in [-0.05, 0) is 11.1 Å². The van der Waals surface area contributed by atoms with Crippen LogP contribution in [-0.2, 0) is 11.3 Å². The summed E-state index contributed by atoms with van der Waals surface area (Å²) in [7, 11) is 0. The molecule has 0 radical (unpaired) electrons. The molecule has 2 rings (SSSR count). The largest absolute Gasteiger partial charge is 0.480 e. The molecule has 2 unspecified atom stereocenters. The molecule has 0 amide bonds. The molecule has 0 heterocycles. The molecule has 2 atom stereocenters. The molecule has 0 aliphatic carbocycles. The summed E-state index contributed by atoms with van der Waals surface area (Å²) in [6.07, 6.45) is 0.121. The zero-order valence-corrected chi connectivity index (χ0v) is 12.1. The number of nitrogens with zero attached hydrogens (tertiary/aromatic N) is 1. The third kappa shape index (κ3) is 4.49. The molecule has 22 heavy (non-hydrogen) atoms. The van der Waals surface area contributed by atoms with E-state index in [1.807, 2.05) is 36.4 Å². The minimum Gasteiger partial charge on any atom is -0.480 e. The van der Waals surface area contributed by atoms with Crippen LogP contribution in [0.3, 0.4) is 0 Å². The van der Waals surface area contributed by atoms with Crippen LogP contribution < -0.4 is 5.32 Å². The van der Waals surface area contributed by atoms with E-state index in [2.05, 4.69) is 10.5 Å². The number of rotatable bonds is 8. The number of nitrogens with one attached hydrogen (secondary N) is 1. The second-order valence-corrected chi connectivity index (χ2v) is 5.02. The Morgan fingerprint density at radius 1 is 1.05 bits per heavy atom. The first-order chi connectivity index (χ1) is 10.7. The van der Waals surface area contributed by atoms with E-state index in [4.69, 9.17) is 0 Å². The predicted octanol–water partition coefficient (Wildman–Crippen LogP) is 3.13. The highest BCUT2D eigenvalue weighted by atomic mass is 16.4. The highest BCUT2D eigenvalue weighted by Gasteiger charge is 2.23. The molecule has 5 nitrogen and oxygen atoms in total. The molecule has 0 bridgehead atoms. The Balaban J connectivity index is 2.01. The van der Waals surface area contributed by atoms with E-state index in [1.165, 1.54) is 0 Å². The highest BCUT2D eigenvalue weighted by Crippen LogP contribution is 2.22. The molecule has 114 valence electrons. The zero-order chi connectivity index (χ0) is 15.8. The summed E-state index contributed by atoms with van der Waals surface area (Å²) < 4.78 is 0. The topological polar surface area (TPSA) is 78.8 Å². The molecule has 0 fully saturated rings. The van der Waals surface area contributed by atoms with E-state index in [0.29, 0.717) is 6.54 Å². The van der Waals surface area contributed by atoms with Crippen LogP contribution in [0.5, 0.6) is 0 Å². The van der Waals surface area contributed by atoms with Gasteiger partial charge in [0.2, 0.25) is 0 Å². The van der Waals surface area contributed by atoms with Gasteiger partial charge in [-0.3, -0.25) is 4.79 Å². The van der Waals surface area contributed by atoms with Gasteiger partial charge in [0.15, 0.2) is 0 Å². The van der Waals surface area contributed by atoms with Gasteiger partial charge in [-0.25, -0.2) is 0 Å². The standard InChI is InChI=1S/C17H18N2O3/c20-17(21)16(18-12-13-7-3-1-4-8-13)11-15(19-22)14-9-5-2-6-10-14/h1-10,15-16,18H,11-12H2,(H,20,21). The van der Waals surface area contributed by atoms with Crippen LogP contribution in [-0.4, -0.2) is 17.1 Å². The summed E-state index contributed by atoms with van der Waals surface area (Å²) in [5.41, 5.74) is 1.72. The van der Waals surface area contributed by atoms with E-state index in [9.17, 15) is 14.8 Å². The summed E-state index contributed by atoms with van der Waals surface area (Å²) in [6.45, 7) is 0.429. The first-order valence-corrected chi connectivity index (χ1v) is 7.08. The molecule has 0 aliphatic rings. The van der Waals surface area contributed by atoms with Gasteiger partial charge in [-0.2, -0.15) is 4.91 Å². The third-order valence-corrected chi connectivity index (χ3v) is 3.46. The first kappa shape index (κ1) is 15.9. The molecule has 0 saturated heterocycles. The van der Waals surface area contributed by atoms with E-state index in [0.717, 1.165) is 11.1 Å². The van der Waals surface area contributed by atoms with Crippen LogP contribution in [0.2, 0.25) is 0 Å². The van der Waals surface area contributed by atoms with Crippen LogP contribution in [0.4, 0.5) is 0 Å². The lowest BCUT2D eigenvalue weighted by atomic mass is 10.00. The molecule has 5 heteroatoms. The van der Waals surface area contributed by atoms with Gasteiger partial charge in [0.1, 0.15) is 12.1 Å². The van der Waals surface area contributed by atoms with Gasteiger partial charge in [0.25, 0.3) is 0 Å². The average molecular weight is 298 g/mol. The lowest BCUT2D eigenvalue weighted by Crippen LogP contribution is -2.37. The lowest BCUT2D eigenvalue weighted by Gasteiger charge is -2.17. The van der Waals surface area contributed by atoms with Gasteiger partial charge >= 0.3 is 5.97 Å². The Morgan fingerprint density at radius 2 is 1.64 bits per heavy atom. The van der Waals surface area contributed by atoms with Crippen molar-refractivity contribution in [2.75, 3.05) is 0 Å². The maximum Gasteiger partial charge on any atom is 0.320 e. The van der Waals surface area contributed by atoms with Crippen molar-refractivity contribution < 1.29 is 9.90 Å². The molecule has 2 aromatic carbocycles. The van der Waals surface area contributed by atoms with Gasteiger partial charge in [-0.1, -0.05) is 65.8 Å². The highest BCUT2D eigenvalue weighted by molar-refractivity contribution is 5.73. The van der Waals surface area contributed by atoms with Crippen LogP contribution in [0.25, 0.3) is 0 Å². The number of hydrogen-bond donors (Lipinski definition) is 2. The molecule has 0 saturated carbocycles. The third-order valence-electron chi connectivity index (χ3n) is 3.46. The van der Waals surface area contributed by atoms with Crippen molar-refractivity contribution in [1.29, 1.82) is 0 Å². The second kappa shape index (κ2) is 8.05. The fourth-order valence-corrected chi connectivity index (χ4v) is 2.25. The quantitative estimate of drug-likeness (QED) is 0.734. The van der Waals surface area contributed by atoms with Crippen LogP contribution in [0, 0.1) is 4.91 Å². The van der Waals surface area contributed by atoms with Crippen molar-refractivity contribution >= 4 is 5.97 Å². The fraction of sp³-hybridized carbons (Fsp3) is 0.235. The Hall–Kier alpha value is -2.53. The van der Waals surface area contributed by atoms with Crippen molar-refractivity contribution in [3.63, 3.8) is 0 Å².